The second kappa shape index (κ2) is 4.30. The number of rotatable bonds is 1. The van der Waals surface area contributed by atoms with Crippen LogP contribution in [0.3, 0.4) is 0 Å². The molecular formula is C12H11ClFN3. The van der Waals surface area contributed by atoms with Crippen molar-refractivity contribution in [3.8, 4) is 11.4 Å². The van der Waals surface area contributed by atoms with E-state index in [-0.39, 0.29) is 11.5 Å². The first-order valence-corrected chi connectivity index (χ1v) is 5.43. The topological polar surface area (TPSA) is 51.8 Å². The number of nitrogens with zero attached hydrogens (tertiary/aromatic N) is 2. The molecule has 0 saturated heterocycles. The number of nitrogens with two attached hydrogens (primary N) is 1. The molecule has 1 aromatic carbocycles. The van der Waals surface area contributed by atoms with E-state index in [0.29, 0.717) is 10.8 Å². The van der Waals surface area contributed by atoms with Gasteiger partial charge >= 0.3 is 0 Å². The zero-order chi connectivity index (χ0) is 12.6. The average Bonchev–Trinajstić information content (AvgIpc) is 2.25. The second-order valence-electron chi connectivity index (χ2n) is 3.79. The molecule has 88 valence electrons. The zero-order valence-electron chi connectivity index (χ0n) is 9.46. The molecule has 1 heterocycles. The van der Waals surface area contributed by atoms with Gasteiger partial charge in [0.1, 0.15) is 0 Å². The number of aromatic nitrogens is 2. The lowest BCUT2D eigenvalue weighted by Crippen LogP contribution is -2.03. The Labute approximate surface area is 103 Å². The maximum Gasteiger partial charge on any atom is 0.186 e. The highest BCUT2D eigenvalue weighted by Gasteiger charge is 2.11. The van der Waals surface area contributed by atoms with Crippen molar-refractivity contribution in [3.05, 3.63) is 40.3 Å². The van der Waals surface area contributed by atoms with Crippen LogP contribution in [-0.2, 0) is 0 Å². The first kappa shape index (κ1) is 11.8. The SMILES string of the molecule is Cc1cc(Cl)ccc1-c1nc(C)c(F)c(N)n1. The van der Waals surface area contributed by atoms with Gasteiger partial charge < -0.3 is 5.73 Å². The summed E-state index contributed by atoms with van der Waals surface area (Å²) in [6.07, 6.45) is 0. The van der Waals surface area contributed by atoms with Gasteiger partial charge in [0.25, 0.3) is 0 Å². The summed E-state index contributed by atoms with van der Waals surface area (Å²) in [7, 11) is 0. The predicted molar refractivity (Wildman–Crippen MR) is 66.3 cm³/mol. The summed E-state index contributed by atoms with van der Waals surface area (Å²) in [5, 5.41) is 0.637. The monoisotopic (exact) mass is 251 g/mol. The van der Waals surface area contributed by atoms with Gasteiger partial charge in [0, 0.05) is 10.6 Å². The van der Waals surface area contributed by atoms with Crippen LogP contribution in [0.1, 0.15) is 11.3 Å². The van der Waals surface area contributed by atoms with E-state index >= 15 is 0 Å². The fourth-order valence-corrected chi connectivity index (χ4v) is 1.81. The summed E-state index contributed by atoms with van der Waals surface area (Å²) in [6.45, 7) is 3.45. The van der Waals surface area contributed by atoms with Crippen LogP contribution in [0, 0.1) is 19.7 Å². The van der Waals surface area contributed by atoms with Crippen LogP contribution < -0.4 is 5.73 Å². The van der Waals surface area contributed by atoms with Crippen molar-refractivity contribution in [1.82, 2.24) is 9.97 Å². The average molecular weight is 252 g/mol. The van der Waals surface area contributed by atoms with Gasteiger partial charge in [-0.3, -0.25) is 0 Å². The largest absolute Gasteiger partial charge is 0.381 e. The molecule has 0 bridgehead atoms. The van der Waals surface area contributed by atoms with Crippen LogP contribution in [0.5, 0.6) is 0 Å². The second-order valence-corrected chi connectivity index (χ2v) is 4.23. The Hall–Kier alpha value is -1.68. The van der Waals surface area contributed by atoms with E-state index in [0.717, 1.165) is 11.1 Å². The van der Waals surface area contributed by atoms with Crippen LogP contribution in [0.4, 0.5) is 10.2 Å². The minimum atomic E-state index is -0.569. The number of hydrogen-bond donors (Lipinski definition) is 1. The smallest absolute Gasteiger partial charge is 0.186 e. The number of halogens is 2. The fourth-order valence-electron chi connectivity index (χ4n) is 1.58. The molecule has 2 rings (SSSR count). The Bertz CT molecular complexity index is 561. The summed E-state index contributed by atoms with van der Waals surface area (Å²) in [6, 6.07) is 5.33. The molecule has 0 amide bonds. The van der Waals surface area contributed by atoms with Gasteiger partial charge in [0.15, 0.2) is 17.5 Å². The van der Waals surface area contributed by atoms with Gasteiger partial charge in [-0.15, -0.1) is 0 Å². The van der Waals surface area contributed by atoms with Crippen molar-refractivity contribution >= 4 is 17.4 Å². The lowest BCUT2D eigenvalue weighted by Gasteiger charge is -2.07. The highest BCUT2D eigenvalue weighted by Crippen LogP contribution is 2.25. The number of hydrogen-bond acceptors (Lipinski definition) is 3. The molecule has 0 aliphatic rings. The molecule has 0 spiro atoms. The van der Waals surface area contributed by atoms with Gasteiger partial charge in [-0.2, -0.15) is 0 Å². The minimum Gasteiger partial charge on any atom is -0.381 e. The van der Waals surface area contributed by atoms with Crippen molar-refractivity contribution in [3.63, 3.8) is 0 Å². The van der Waals surface area contributed by atoms with Crippen molar-refractivity contribution < 1.29 is 4.39 Å². The third-order valence-corrected chi connectivity index (χ3v) is 2.71. The molecule has 0 fully saturated rings. The van der Waals surface area contributed by atoms with Crippen molar-refractivity contribution in [2.45, 2.75) is 13.8 Å². The lowest BCUT2D eigenvalue weighted by atomic mass is 10.1. The van der Waals surface area contributed by atoms with Gasteiger partial charge in [-0.05, 0) is 37.6 Å². The highest BCUT2D eigenvalue weighted by atomic mass is 35.5. The molecule has 0 aliphatic carbocycles. The highest BCUT2D eigenvalue weighted by molar-refractivity contribution is 6.30. The molecule has 0 radical (unpaired) electrons. The van der Waals surface area contributed by atoms with E-state index in [4.69, 9.17) is 17.3 Å². The third kappa shape index (κ3) is 2.22. The Balaban J connectivity index is 2.61. The molecule has 0 saturated carbocycles. The minimum absolute atomic E-state index is 0.137. The molecule has 2 N–H and O–H groups in total. The van der Waals surface area contributed by atoms with Gasteiger partial charge in [0.2, 0.25) is 0 Å². The van der Waals surface area contributed by atoms with E-state index in [9.17, 15) is 4.39 Å². The molecule has 0 unspecified atom stereocenters. The van der Waals surface area contributed by atoms with Crippen molar-refractivity contribution in [2.75, 3.05) is 5.73 Å². The zero-order valence-corrected chi connectivity index (χ0v) is 10.2. The summed E-state index contributed by atoms with van der Waals surface area (Å²) in [4.78, 5) is 8.03. The normalized spacial score (nSPS) is 10.6. The molecule has 0 atom stereocenters. The Morgan fingerprint density at radius 2 is 1.94 bits per heavy atom. The molecular weight excluding hydrogens is 241 g/mol. The first-order chi connectivity index (χ1) is 7.99. The Morgan fingerprint density at radius 1 is 1.24 bits per heavy atom. The number of aryl methyl sites for hydroxylation is 2. The molecule has 5 heteroatoms. The summed E-state index contributed by atoms with van der Waals surface area (Å²) in [5.74, 6) is -0.294. The van der Waals surface area contributed by atoms with Gasteiger partial charge in [-0.25, -0.2) is 14.4 Å². The van der Waals surface area contributed by atoms with E-state index in [1.807, 2.05) is 6.92 Å². The summed E-state index contributed by atoms with van der Waals surface area (Å²) < 4.78 is 13.3. The van der Waals surface area contributed by atoms with E-state index in [1.165, 1.54) is 0 Å². The maximum atomic E-state index is 13.3. The van der Waals surface area contributed by atoms with Crippen LogP contribution >= 0.6 is 11.6 Å². The quantitative estimate of drug-likeness (QED) is 0.847. The molecule has 2 aromatic rings. The van der Waals surface area contributed by atoms with Crippen molar-refractivity contribution in [1.29, 1.82) is 0 Å². The number of nitrogen functional groups attached to an aromatic ring is 1. The summed E-state index contributed by atoms with van der Waals surface area (Å²) in [5.41, 5.74) is 7.44. The third-order valence-electron chi connectivity index (χ3n) is 2.47. The lowest BCUT2D eigenvalue weighted by molar-refractivity contribution is 0.608. The molecule has 0 aliphatic heterocycles. The number of benzene rings is 1. The van der Waals surface area contributed by atoms with E-state index < -0.39 is 5.82 Å². The standard InChI is InChI=1S/C12H11ClFN3/c1-6-5-8(13)3-4-9(6)12-16-7(2)10(14)11(15)17-12/h3-5H,1-2H3,(H2,15,16,17). The van der Waals surface area contributed by atoms with Crippen LogP contribution in [0.2, 0.25) is 5.02 Å². The van der Waals surface area contributed by atoms with Gasteiger partial charge in [0.05, 0.1) is 5.69 Å². The first-order valence-electron chi connectivity index (χ1n) is 5.05. The summed E-state index contributed by atoms with van der Waals surface area (Å²) >= 11 is 5.87. The van der Waals surface area contributed by atoms with Crippen molar-refractivity contribution in [2.24, 2.45) is 0 Å². The van der Waals surface area contributed by atoms with Crippen LogP contribution in [-0.4, -0.2) is 9.97 Å². The van der Waals surface area contributed by atoms with E-state index in [2.05, 4.69) is 9.97 Å². The predicted octanol–water partition coefficient (Wildman–Crippen LogP) is 3.14. The number of anilines is 1. The molecule has 3 nitrogen and oxygen atoms in total. The Kier molecular flexibility index (Phi) is 2.98. The van der Waals surface area contributed by atoms with Crippen LogP contribution in [0.15, 0.2) is 18.2 Å². The van der Waals surface area contributed by atoms with Crippen LogP contribution in [0.25, 0.3) is 11.4 Å². The van der Waals surface area contributed by atoms with E-state index in [1.54, 1.807) is 25.1 Å². The Morgan fingerprint density at radius 3 is 2.53 bits per heavy atom. The molecule has 17 heavy (non-hydrogen) atoms. The fraction of sp³-hybridized carbons (Fsp3) is 0.167. The van der Waals surface area contributed by atoms with Gasteiger partial charge in [-0.1, -0.05) is 11.6 Å². The molecule has 1 aromatic heterocycles. The maximum absolute atomic E-state index is 13.3.